The molecule has 4 aromatic rings. The number of benzene rings is 2. The molecule has 2 heterocycles. The molecule has 0 radical (unpaired) electrons. The molecule has 34 heavy (non-hydrogen) atoms. The van der Waals surface area contributed by atoms with Gasteiger partial charge in [0.15, 0.2) is 0 Å². The molecule has 4 rings (SSSR count). The van der Waals surface area contributed by atoms with E-state index >= 15 is 0 Å². The summed E-state index contributed by atoms with van der Waals surface area (Å²) < 4.78 is 1.24. The molecule has 7 nitrogen and oxygen atoms in total. The fourth-order valence-corrected chi connectivity index (χ4v) is 4.86. The lowest BCUT2D eigenvalue weighted by Gasteiger charge is -2.09. The van der Waals surface area contributed by atoms with Crippen molar-refractivity contribution in [1.29, 1.82) is 0 Å². The lowest BCUT2D eigenvalue weighted by molar-refractivity contribution is -0.116. The Morgan fingerprint density at radius 2 is 1.79 bits per heavy atom. The van der Waals surface area contributed by atoms with Gasteiger partial charge in [-0.25, -0.2) is 4.98 Å². The normalized spacial score (nSPS) is 11.0. The van der Waals surface area contributed by atoms with Crippen molar-refractivity contribution in [1.82, 2.24) is 9.55 Å². The lowest BCUT2D eigenvalue weighted by Crippen LogP contribution is -2.28. The molecular formula is C25H23ClN4O3S. The summed E-state index contributed by atoms with van der Waals surface area (Å²) in [5, 5.41) is 6.53. The van der Waals surface area contributed by atoms with Gasteiger partial charge < -0.3 is 10.6 Å². The number of fused-ring (bicyclic) bond motifs is 1. The molecular weight excluding hydrogens is 472 g/mol. The predicted octanol–water partition coefficient (Wildman–Crippen LogP) is 5.24. The van der Waals surface area contributed by atoms with Crippen LogP contribution in [0.2, 0.25) is 5.02 Å². The number of rotatable bonds is 5. The van der Waals surface area contributed by atoms with Crippen LogP contribution in [0.1, 0.15) is 31.9 Å². The van der Waals surface area contributed by atoms with Gasteiger partial charge in [-0.3, -0.25) is 19.0 Å². The molecule has 9 heteroatoms. The third-order valence-corrected chi connectivity index (χ3v) is 7.13. The highest BCUT2D eigenvalue weighted by Gasteiger charge is 2.20. The number of aryl methyl sites for hydroxylation is 4. The van der Waals surface area contributed by atoms with Gasteiger partial charge in [-0.1, -0.05) is 35.4 Å². The van der Waals surface area contributed by atoms with Crippen molar-refractivity contribution in [3.8, 4) is 0 Å². The van der Waals surface area contributed by atoms with Gasteiger partial charge >= 0.3 is 0 Å². The minimum atomic E-state index is -0.385. The van der Waals surface area contributed by atoms with Crippen molar-refractivity contribution in [3.63, 3.8) is 0 Å². The van der Waals surface area contributed by atoms with Gasteiger partial charge in [0.05, 0.1) is 16.6 Å². The summed E-state index contributed by atoms with van der Waals surface area (Å²) in [5.41, 5.74) is 4.38. The van der Waals surface area contributed by atoms with Crippen molar-refractivity contribution in [2.75, 3.05) is 10.6 Å². The maximum atomic E-state index is 13.1. The van der Waals surface area contributed by atoms with Crippen LogP contribution in [0.15, 0.2) is 47.5 Å². The molecule has 2 aromatic heterocycles. The van der Waals surface area contributed by atoms with Crippen molar-refractivity contribution < 1.29 is 9.59 Å². The number of nitrogens with zero attached hydrogens (tertiary/aromatic N) is 2. The number of hydrogen-bond donors (Lipinski definition) is 2. The van der Waals surface area contributed by atoms with Crippen molar-refractivity contribution in [2.45, 2.75) is 34.2 Å². The van der Waals surface area contributed by atoms with E-state index in [0.29, 0.717) is 37.1 Å². The van der Waals surface area contributed by atoms with Crippen LogP contribution in [0, 0.1) is 27.7 Å². The largest absolute Gasteiger partial charge is 0.324 e. The number of anilines is 2. The summed E-state index contributed by atoms with van der Waals surface area (Å²) in [5.74, 6) is -0.684. The highest BCUT2D eigenvalue weighted by molar-refractivity contribution is 7.20. The van der Waals surface area contributed by atoms with E-state index in [4.69, 9.17) is 11.6 Å². The van der Waals surface area contributed by atoms with Crippen LogP contribution < -0.4 is 16.2 Å². The zero-order valence-corrected chi connectivity index (χ0v) is 20.7. The molecule has 0 saturated heterocycles. The van der Waals surface area contributed by atoms with E-state index in [1.54, 1.807) is 25.1 Å². The van der Waals surface area contributed by atoms with Crippen molar-refractivity contribution >= 4 is 56.3 Å². The molecule has 0 bridgehead atoms. The molecule has 0 spiro atoms. The molecule has 0 aliphatic rings. The van der Waals surface area contributed by atoms with Crippen LogP contribution in [0.25, 0.3) is 10.2 Å². The predicted molar refractivity (Wildman–Crippen MR) is 137 cm³/mol. The number of amides is 2. The van der Waals surface area contributed by atoms with Gasteiger partial charge in [-0.05, 0) is 62.6 Å². The first-order chi connectivity index (χ1) is 16.1. The summed E-state index contributed by atoms with van der Waals surface area (Å²) in [4.78, 5) is 43.8. The number of aromatic nitrogens is 2. The zero-order chi connectivity index (χ0) is 24.6. The summed E-state index contributed by atoms with van der Waals surface area (Å²) in [7, 11) is 0. The molecule has 2 N–H and O–H groups in total. The third-order valence-electron chi connectivity index (χ3n) is 5.52. The first kappa shape index (κ1) is 23.7. The molecule has 0 aliphatic carbocycles. The number of carbonyl (C=O) groups is 2. The molecule has 2 amide bonds. The van der Waals surface area contributed by atoms with E-state index < -0.39 is 0 Å². The average molecular weight is 495 g/mol. The van der Waals surface area contributed by atoms with Crippen LogP contribution in [0.3, 0.4) is 0 Å². The van der Waals surface area contributed by atoms with Crippen LogP contribution in [-0.2, 0) is 11.3 Å². The second-order valence-corrected chi connectivity index (χ2v) is 9.60. The maximum absolute atomic E-state index is 13.1. The monoisotopic (exact) mass is 494 g/mol. The van der Waals surface area contributed by atoms with Gasteiger partial charge in [-0.2, -0.15) is 0 Å². The van der Waals surface area contributed by atoms with Crippen molar-refractivity contribution in [2.24, 2.45) is 0 Å². The number of nitrogens with one attached hydrogen (secondary N) is 2. The fraction of sp³-hybridized carbons (Fsp3) is 0.200. The first-order valence-electron chi connectivity index (χ1n) is 10.6. The van der Waals surface area contributed by atoms with E-state index in [9.17, 15) is 14.4 Å². The first-order valence-corrected chi connectivity index (χ1v) is 11.8. The molecule has 174 valence electrons. The number of thiophene rings is 1. The molecule has 0 atom stereocenters. The number of halogens is 1. The van der Waals surface area contributed by atoms with E-state index in [1.807, 2.05) is 39.0 Å². The minimum Gasteiger partial charge on any atom is -0.324 e. The summed E-state index contributed by atoms with van der Waals surface area (Å²) >= 11 is 7.27. The Hall–Kier alpha value is -3.49. The van der Waals surface area contributed by atoms with E-state index in [2.05, 4.69) is 15.6 Å². The second kappa shape index (κ2) is 9.40. The molecule has 0 saturated carbocycles. The van der Waals surface area contributed by atoms with Gasteiger partial charge in [0, 0.05) is 16.4 Å². The Bertz CT molecular complexity index is 1510. The summed E-state index contributed by atoms with van der Waals surface area (Å²) in [6, 6.07) is 11.0. The van der Waals surface area contributed by atoms with E-state index in [-0.39, 0.29) is 23.9 Å². The standard InChI is InChI=1S/C25H23ClN4O3S/c1-13-5-8-19(15(3)9-13)29-23(32)22-16(4)21-24(34-22)27-12-30(25(21)33)11-20(31)28-17-7-6-14(2)18(26)10-17/h5-10,12H,11H2,1-4H3,(H,28,31)(H,29,32). The highest BCUT2D eigenvalue weighted by atomic mass is 35.5. The quantitative estimate of drug-likeness (QED) is 0.397. The van der Waals surface area contributed by atoms with Gasteiger partial charge in [0.1, 0.15) is 11.4 Å². The van der Waals surface area contributed by atoms with E-state index in [0.717, 1.165) is 28.0 Å². The Kier molecular flexibility index (Phi) is 6.54. The fourth-order valence-electron chi connectivity index (χ4n) is 3.65. The lowest BCUT2D eigenvalue weighted by atomic mass is 10.1. The number of hydrogen-bond acceptors (Lipinski definition) is 5. The SMILES string of the molecule is Cc1ccc(NC(=O)c2sc3ncn(CC(=O)Nc4ccc(C)c(Cl)c4)c(=O)c3c2C)c(C)c1. The molecule has 0 unspecified atom stereocenters. The topological polar surface area (TPSA) is 93.1 Å². The zero-order valence-electron chi connectivity index (χ0n) is 19.2. The maximum Gasteiger partial charge on any atom is 0.266 e. The van der Waals surface area contributed by atoms with Gasteiger partial charge in [0.2, 0.25) is 5.91 Å². The Morgan fingerprint density at radius 3 is 2.50 bits per heavy atom. The summed E-state index contributed by atoms with van der Waals surface area (Å²) in [6.07, 6.45) is 1.33. The van der Waals surface area contributed by atoms with Gasteiger partial charge in [-0.15, -0.1) is 11.3 Å². The highest BCUT2D eigenvalue weighted by Crippen LogP contribution is 2.28. The smallest absolute Gasteiger partial charge is 0.266 e. The van der Waals surface area contributed by atoms with Crippen LogP contribution in [-0.4, -0.2) is 21.4 Å². The Labute approximate surface area is 205 Å². The second-order valence-electron chi connectivity index (χ2n) is 8.20. The molecule has 0 fully saturated rings. The molecule has 0 aliphatic heterocycles. The Morgan fingerprint density at radius 1 is 1.03 bits per heavy atom. The van der Waals surface area contributed by atoms with Gasteiger partial charge in [0.25, 0.3) is 11.5 Å². The Balaban J connectivity index is 1.58. The van der Waals surface area contributed by atoms with Crippen LogP contribution >= 0.6 is 22.9 Å². The van der Waals surface area contributed by atoms with Crippen LogP contribution in [0.4, 0.5) is 11.4 Å². The minimum absolute atomic E-state index is 0.216. The van der Waals surface area contributed by atoms with Crippen molar-refractivity contribution in [3.05, 3.63) is 85.2 Å². The molecule has 2 aromatic carbocycles. The number of carbonyl (C=O) groups excluding carboxylic acids is 2. The van der Waals surface area contributed by atoms with Crippen LogP contribution in [0.5, 0.6) is 0 Å². The third kappa shape index (κ3) is 4.73. The van der Waals surface area contributed by atoms with E-state index in [1.165, 1.54) is 10.9 Å². The summed E-state index contributed by atoms with van der Waals surface area (Å²) in [6.45, 7) is 7.29. The average Bonchev–Trinajstić information content (AvgIpc) is 3.12.